The van der Waals surface area contributed by atoms with Crippen molar-refractivity contribution in [3.8, 4) is 0 Å². The number of carbonyl (C=O) groups excluding carboxylic acids is 2. The van der Waals surface area contributed by atoms with Crippen molar-refractivity contribution in [3.05, 3.63) is 0 Å². The van der Waals surface area contributed by atoms with Gasteiger partial charge in [-0.05, 0) is 6.26 Å². The molecule has 0 fully saturated rings. The van der Waals surface area contributed by atoms with Gasteiger partial charge in [-0.3, -0.25) is 4.79 Å². The summed E-state index contributed by atoms with van der Waals surface area (Å²) in [5, 5.41) is 12.1. The fourth-order valence-electron chi connectivity index (χ4n) is 0.806. The molecule has 4 nitrogen and oxygen atoms in total. The fourth-order valence-corrected chi connectivity index (χ4v) is 1.46. The third-order valence-electron chi connectivity index (χ3n) is 1.59. The Morgan fingerprint density at radius 3 is 2.46 bits per heavy atom. The molecular formula is C7H11ClNO3S-. The van der Waals surface area contributed by atoms with Crippen molar-refractivity contribution in [2.24, 2.45) is 0 Å². The zero-order chi connectivity index (χ0) is 10.4. The molecule has 0 bridgehead atoms. The Bertz CT molecular complexity index is 200. The fraction of sp³-hybridized carbons (Fsp3) is 0.714. The number of carboxylic acid groups (broad SMARTS) is 1. The van der Waals surface area contributed by atoms with Gasteiger partial charge in [0.05, 0.1) is 11.9 Å². The first-order chi connectivity index (χ1) is 6.02. The number of rotatable bonds is 5. The molecule has 0 saturated carbocycles. The molecule has 0 rings (SSSR count). The molecular weight excluding hydrogens is 214 g/mol. The Morgan fingerprint density at radius 2 is 2.15 bits per heavy atom. The zero-order valence-corrected chi connectivity index (χ0v) is 8.95. The maximum atomic E-state index is 11.1. The zero-order valence-electron chi connectivity index (χ0n) is 7.37. The summed E-state index contributed by atoms with van der Waals surface area (Å²) >= 11 is 6.70. The minimum atomic E-state index is -1.45. The topological polar surface area (TPSA) is 69.2 Å². The largest absolute Gasteiger partial charge is 0.530 e. The highest BCUT2D eigenvalue weighted by atomic mass is 35.5. The van der Waals surface area contributed by atoms with Gasteiger partial charge >= 0.3 is 0 Å². The average molecular weight is 225 g/mol. The van der Waals surface area contributed by atoms with Crippen LogP contribution in [0.5, 0.6) is 0 Å². The van der Waals surface area contributed by atoms with Gasteiger partial charge in [-0.1, -0.05) is 6.92 Å². The molecule has 13 heavy (non-hydrogen) atoms. The molecule has 2 atom stereocenters. The van der Waals surface area contributed by atoms with Crippen molar-refractivity contribution in [3.63, 3.8) is 0 Å². The van der Waals surface area contributed by atoms with Gasteiger partial charge in [0.25, 0.3) is 0 Å². The first kappa shape index (κ1) is 12.6. The van der Waals surface area contributed by atoms with E-state index in [2.05, 4.69) is 0 Å². The molecule has 6 heteroatoms. The second-order valence-electron chi connectivity index (χ2n) is 2.45. The van der Waals surface area contributed by atoms with E-state index < -0.39 is 12.1 Å². The predicted octanol–water partition coefficient (Wildman–Crippen LogP) is -0.153. The van der Waals surface area contributed by atoms with Crippen LogP contribution in [-0.2, 0) is 4.79 Å². The molecule has 76 valence electrons. The minimum Gasteiger partial charge on any atom is -0.530 e. The number of thioether (sulfide) groups is 1. The average Bonchev–Trinajstić information content (AvgIpc) is 2.11. The predicted molar refractivity (Wildman–Crippen MR) is 51.0 cm³/mol. The molecule has 0 radical (unpaired) electrons. The van der Waals surface area contributed by atoms with E-state index in [9.17, 15) is 14.7 Å². The van der Waals surface area contributed by atoms with Crippen LogP contribution in [0.2, 0.25) is 0 Å². The van der Waals surface area contributed by atoms with Crippen LogP contribution in [-0.4, -0.2) is 35.3 Å². The molecule has 0 saturated heterocycles. The van der Waals surface area contributed by atoms with Gasteiger partial charge in [0.15, 0.2) is 5.78 Å². The van der Waals surface area contributed by atoms with E-state index in [1.165, 1.54) is 11.8 Å². The molecule has 0 heterocycles. The Morgan fingerprint density at radius 1 is 1.62 bits per heavy atom. The van der Waals surface area contributed by atoms with Crippen molar-refractivity contribution in [1.82, 2.24) is 5.32 Å². The molecule has 2 unspecified atom stereocenters. The summed E-state index contributed by atoms with van der Waals surface area (Å²) in [5.74, 6) is -0.539. The normalized spacial score (nSPS) is 14.7. The summed E-state index contributed by atoms with van der Waals surface area (Å²) in [7, 11) is 0. The van der Waals surface area contributed by atoms with Crippen LogP contribution in [0.1, 0.15) is 6.92 Å². The van der Waals surface area contributed by atoms with E-state index in [0.29, 0.717) is 0 Å². The quantitative estimate of drug-likeness (QED) is 0.660. The van der Waals surface area contributed by atoms with Crippen LogP contribution in [0.15, 0.2) is 0 Å². The lowest BCUT2D eigenvalue weighted by molar-refractivity contribution is -0.251. The Labute approximate surface area is 86.0 Å². The number of carbonyl (C=O) groups is 2. The highest BCUT2D eigenvalue weighted by molar-refractivity contribution is 7.99. The molecule has 0 aliphatic rings. The molecule has 1 amide bonds. The smallest absolute Gasteiger partial charge is 0.170 e. The van der Waals surface area contributed by atoms with E-state index >= 15 is 0 Å². The number of amides is 1. The minimum absolute atomic E-state index is 0.149. The van der Waals surface area contributed by atoms with Crippen molar-refractivity contribution < 1.29 is 14.7 Å². The van der Waals surface area contributed by atoms with Crippen LogP contribution >= 0.6 is 23.4 Å². The lowest BCUT2D eigenvalue weighted by Crippen LogP contribution is -2.51. The number of nitrogens with one attached hydrogen (secondary N) is 1. The molecule has 0 aromatic carbocycles. The van der Waals surface area contributed by atoms with E-state index in [1.54, 1.807) is 13.2 Å². The first-order valence-corrected chi connectivity index (χ1v) is 5.44. The summed E-state index contributed by atoms with van der Waals surface area (Å²) in [6.07, 6.45) is 0.334. The first-order valence-electron chi connectivity index (χ1n) is 3.62. The number of hydrogen-bond acceptors (Lipinski definition) is 4. The van der Waals surface area contributed by atoms with Crippen LogP contribution in [0.25, 0.3) is 0 Å². The SMILES string of the molecule is CSC(C)C(NC(=O)[O-])C(=O)CCl. The second kappa shape index (κ2) is 6.10. The van der Waals surface area contributed by atoms with Gasteiger partial charge in [-0.25, -0.2) is 0 Å². The van der Waals surface area contributed by atoms with Gasteiger partial charge in [0.2, 0.25) is 0 Å². The second-order valence-corrected chi connectivity index (χ2v) is 3.93. The summed E-state index contributed by atoms with van der Waals surface area (Å²) < 4.78 is 0. The Kier molecular flexibility index (Phi) is 5.90. The Hall–Kier alpha value is -0.420. The summed E-state index contributed by atoms with van der Waals surface area (Å²) in [6.45, 7) is 1.75. The molecule has 1 N–H and O–H groups in total. The highest BCUT2D eigenvalue weighted by Crippen LogP contribution is 2.11. The third kappa shape index (κ3) is 4.38. The van der Waals surface area contributed by atoms with Crippen LogP contribution in [0, 0.1) is 0 Å². The number of ketones is 1. The van der Waals surface area contributed by atoms with E-state index in [1.807, 2.05) is 5.32 Å². The summed E-state index contributed by atoms with van der Waals surface area (Å²) in [5.41, 5.74) is 0. The summed E-state index contributed by atoms with van der Waals surface area (Å²) in [6, 6.07) is -0.780. The summed E-state index contributed by atoms with van der Waals surface area (Å²) in [4.78, 5) is 21.4. The van der Waals surface area contributed by atoms with Gasteiger partial charge in [0, 0.05) is 5.25 Å². The van der Waals surface area contributed by atoms with Gasteiger partial charge in [-0.2, -0.15) is 11.8 Å². The van der Waals surface area contributed by atoms with Crippen molar-refractivity contribution >= 4 is 35.2 Å². The van der Waals surface area contributed by atoms with Crippen molar-refractivity contribution in [2.45, 2.75) is 18.2 Å². The lowest BCUT2D eigenvalue weighted by Gasteiger charge is -2.22. The third-order valence-corrected chi connectivity index (χ3v) is 2.87. The van der Waals surface area contributed by atoms with E-state index in [-0.39, 0.29) is 16.9 Å². The molecule has 0 spiro atoms. The van der Waals surface area contributed by atoms with Gasteiger partial charge < -0.3 is 15.2 Å². The van der Waals surface area contributed by atoms with E-state index in [4.69, 9.17) is 11.6 Å². The molecule has 0 aliphatic heterocycles. The highest BCUT2D eigenvalue weighted by Gasteiger charge is 2.23. The molecule has 0 aromatic rings. The number of halogens is 1. The van der Waals surface area contributed by atoms with Crippen molar-refractivity contribution in [2.75, 3.05) is 12.1 Å². The van der Waals surface area contributed by atoms with Gasteiger partial charge in [-0.15, -0.1) is 11.6 Å². The maximum Gasteiger partial charge on any atom is 0.170 e. The van der Waals surface area contributed by atoms with Crippen LogP contribution in [0.4, 0.5) is 4.79 Å². The molecule has 0 aromatic heterocycles. The monoisotopic (exact) mass is 224 g/mol. The van der Waals surface area contributed by atoms with E-state index in [0.717, 1.165) is 0 Å². The number of hydrogen-bond donors (Lipinski definition) is 1. The standard InChI is InChI=1S/C7H12ClNO3S/c1-4(13-2)6(5(10)3-8)9-7(11)12/h4,6,9H,3H2,1-2H3,(H,11,12)/p-1. The lowest BCUT2D eigenvalue weighted by atomic mass is 10.1. The number of Topliss-reactive ketones (excluding diaryl/α,β-unsaturated/α-hetero) is 1. The van der Waals surface area contributed by atoms with Crippen molar-refractivity contribution in [1.29, 1.82) is 0 Å². The maximum absolute atomic E-state index is 11.1. The number of alkyl halides is 1. The molecule has 0 aliphatic carbocycles. The Balaban J connectivity index is 4.35. The van der Waals surface area contributed by atoms with Crippen LogP contribution < -0.4 is 10.4 Å². The van der Waals surface area contributed by atoms with Gasteiger partial charge in [0.1, 0.15) is 6.09 Å². The van der Waals surface area contributed by atoms with Crippen LogP contribution in [0.3, 0.4) is 0 Å².